The van der Waals surface area contributed by atoms with E-state index in [9.17, 15) is 4.79 Å². The fraction of sp³-hybridized carbons (Fsp3) is 0.333. The molecule has 3 rings (SSSR count). The highest BCUT2D eigenvalue weighted by atomic mass is 16.5. The summed E-state index contributed by atoms with van der Waals surface area (Å²) < 4.78 is 16.9. The van der Waals surface area contributed by atoms with Gasteiger partial charge in [0.15, 0.2) is 17.3 Å². The molecule has 0 spiro atoms. The Labute approximate surface area is 171 Å². The molecule has 29 heavy (non-hydrogen) atoms. The second kappa shape index (κ2) is 9.41. The van der Waals surface area contributed by atoms with Gasteiger partial charge in [-0.2, -0.15) is 0 Å². The number of aromatic nitrogens is 1. The van der Waals surface area contributed by atoms with E-state index in [0.29, 0.717) is 43.4 Å². The van der Waals surface area contributed by atoms with Gasteiger partial charge < -0.3 is 13.9 Å². The summed E-state index contributed by atoms with van der Waals surface area (Å²) in [6.07, 6.45) is 2.54. The van der Waals surface area contributed by atoms with Gasteiger partial charge in [0.1, 0.15) is 6.26 Å². The maximum Gasteiger partial charge on any atom is 0.226 e. The molecule has 0 unspecified atom stereocenters. The molecule has 0 saturated heterocycles. The first-order chi connectivity index (χ1) is 14.0. The lowest BCUT2D eigenvalue weighted by Gasteiger charge is -2.11. The van der Waals surface area contributed by atoms with E-state index in [-0.39, 0.29) is 5.78 Å². The smallest absolute Gasteiger partial charge is 0.226 e. The van der Waals surface area contributed by atoms with Crippen molar-refractivity contribution in [2.45, 2.75) is 40.5 Å². The molecule has 0 saturated carbocycles. The van der Waals surface area contributed by atoms with Crippen molar-refractivity contribution in [1.82, 2.24) is 4.98 Å². The minimum absolute atomic E-state index is 0.117. The van der Waals surface area contributed by atoms with E-state index in [2.05, 4.69) is 4.98 Å². The average Bonchev–Trinajstić information content (AvgIpc) is 3.17. The topological polar surface area (TPSA) is 61.6 Å². The molecular formula is C24H27NO4. The van der Waals surface area contributed by atoms with Crippen LogP contribution < -0.4 is 9.47 Å². The van der Waals surface area contributed by atoms with E-state index in [0.717, 1.165) is 27.9 Å². The molecule has 0 atom stereocenters. The number of Topliss-reactive ketones (excluding diaryl/α,β-unsaturated/α-hetero) is 1. The number of carbonyl (C=O) groups excluding carboxylic acids is 1. The van der Waals surface area contributed by atoms with Gasteiger partial charge in [0.2, 0.25) is 5.89 Å². The molecule has 152 valence electrons. The number of hydrogen-bond donors (Lipinski definition) is 0. The van der Waals surface area contributed by atoms with Crippen LogP contribution in [0.4, 0.5) is 0 Å². The van der Waals surface area contributed by atoms with Gasteiger partial charge in [-0.3, -0.25) is 4.79 Å². The largest absolute Gasteiger partial charge is 0.490 e. The Morgan fingerprint density at radius 1 is 1.00 bits per heavy atom. The SMILES string of the molecule is CCOc1ccc(-c2nc(CCC(=O)c3ccc(C)cc3C)co2)cc1OCC. The summed E-state index contributed by atoms with van der Waals surface area (Å²) in [4.78, 5) is 17.1. The number of ether oxygens (including phenoxy) is 2. The number of hydrogen-bond acceptors (Lipinski definition) is 5. The van der Waals surface area contributed by atoms with Crippen molar-refractivity contribution in [3.8, 4) is 23.0 Å². The zero-order valence-corrected chi connectivity index (χ0v) is 17.5. The summed E-state index contributed by atoms with van der Waals surface area (Å²) in [5.74, 6) is 1.98. The van der Waals surface area contributed by atoms with Crippen molar-refractivity contribution in [3.05, 3.63) is 65.0 Å². The van der Waals surface area contributed by atoms with Crippen LogP contribution in [0.1, 0.15) is 47.4 Å². The Morgan fingerprint density at radius 3 is 2.48 bits per heavy atom. The normalized spacial score (nSPS) is 10.8. The molecule has 3 aromatic rings. The number of nitrogens with zero attached hydrogens (tertiary/aromatic N) is 1. The fourth-order valence-electron chi connectivity index (χ4n) is 3.24. The van der Waals surface area contributed by atoms with Crippen LogP contribution in [0.25, 0.3) is 11.5 Å². The Balaban J connectivity index is 1.70. The molecule has 1 heterocycles. The molecule has 0 aliphatic rings. The lowest BCUT2D eigenvalue weighted by atomic mass is 9.99. The van der Waals surface area contributed by atoms with E-state index in [4.69, 9.17) is 13.9 Å². The number of aryl methyl sites for hydroxylation is 3. The van der Waals surface area contributed by atoms with E-state index in [1.807, 2.05) is 64.1 Å². The van der Waals surface area contributed by atoms with Crippen LogP contribution in [0.2, 0.25) is 0 Å². The summed E-state index contributed by atoms with van der Waals surface area (Å²) >= 11 is 0. The number of rotatable bonds is 9. The fourth-order valence-corrected chi connectivity index (χ4v) is 3.24. The second-order valence-corrected chi connectivity index (χ2v) is 6.91. The van der Waals surface area contributed by atoms with Crippen molar-refractivity contribution in [1.29, 1.82) is 0 Å². The van der Waals surface area contributed by atoms with Crippen LogP contribution in [0.15, 0.2) is 47.1 Å². The van der Waals surface area contributed by atoms with E-state index >= 15 is 0 Å². The van der Waals surface area contributed by atoms with Gasteiger partial charge in [-0.1, -0.05) is 23.8 Å². The number of ketones is 1. The Hall–Kier alpha value is -3.08. The van der Waals surface area contributed by atoms with Gasteiger partial charge in [0, 0.05) is 24.0 Å². The lowest BCUT2D eigenvalue weighted by molar-refractivity contribution is 0.0982. The van der Waals surface area contributed by atoms with Crippen LogP contribution in [0, 0.1) is 13.8 Å². The predicted molar refractivity (Wildman–Crippen MR) is 113 cm³/mol. The number of oxazole rings is 1. The lowest BCUT2D eigenvalue weighted by Crippen LogP contribution is -2.04. The highest BCUT2D eigenvalue weighted by Crippen LogP contribution is 2.32. The summed E-state index contributed by atoms with van der Waals surface area (Å²) in [5.41, 5.74) is 4.50. The molecule has 0 bridgehead atoms. The highest BCUT2D eigenvalue weighted by Gasteiger charge is 2.14. The maximum atomic E-state index is 12.6. The summed E-state index contributed by atoms with van der Waals surface area (Å²) in [6, 6.07) is 11.5. The van der Waals surface area contributed by atoms with Gasteiger partial charge in [0.25, 0.3) is 0 Å². The third-order valence-corrected chi connectivity index (χ3v) is 4.63. The van der Waals surface area contributed by atoms with Gasteiger partial charge >= 0.3 is 0 Å². The Morgan fingerprint density at radius 2 is 1.76 bits per heavy atom. The molecule has 0 aliphatic carbocycles. The van der Waals surface area contributed by atoms with Crippen LogP contribution in [-0.2, 0) is 6.42 Å². The Bertz CT molecular complexity index is 990. The predicted octanol–water partition coefficient (Wildman–Crippen LogP) is 5.57. The third kappa shape index (κ3) is 5.05. The molecule has 5 nitrogen and oxygen atoms in total. The molecule has 0 N–H and O–H groups in total. The molecule has 0 fully saturated rings. The van der Waals surface area contributed by atoms with Crippen LogP contribution in [-0.4, -0.2) is 24.0 Å². The summed E-state index contributed by atoms with van der Waals surface area (Å²) in [7, 11) is 0. The van der Waals surface area contributed by atoms with Crippen molar-refractivity contribution < 1.29 is 18.7 Å². The minimum atomic E-state index is 0.117. The molecule has 0 aliphatic heterocycles. The van der Waals surface area contributed by atoms with Gasteiger partial charge in [-0.15, -0.1) is 0 Å². The zero-order chi connectivity index (χ0) is 20.8. The highest BCUT2D eigenvalue weighted by molar-refractivity contribution is 5.97. The van der Waals surface area contributed by atoms with E-state index in [1.54, 1.807) is 6.26 Å². The monoisotopic (exact) mass is 393 g/mol. The van der Waals surface area contributed by atoms with Gasteiger partial charge in [-0.25, -0.2) is 4.98 Å². The maximum absolute atomic E-state index is 12.6. The van der Waals surface area contributed by atoms with Crippen molar-refractivity contribution >= 4 is 5.78 Å². The first-order valence-electron chi connectivity index (χ1n) is 9.96. The van der Waals surface area contributed by atoms with Gasteiger partial charge in [-0.05, 0) is 51.5 Å². The third-order valence-electron chi connectivity index (χ3n) is 4.63. The molecular weight excluding hydrogens is 366 g/mol. The second-order valence-electron chi connectivity index (χ2n) is 6.91. The van der Waals surface area contributed by atoms with E-state index in [1.165, 1.54) is 0 Å². The quantitative estimate of drug-likeness (QED) is 0.445. The standard InChI is InChI=1S/C24H27NO4/c1-5-27-22-12-8-18(14-23(22)28-6-2)24-25-19(15-29-24)9-11-21(26)20-10-7-16(3)13-17(20)4/h7-8,10,12-15H,5-6,9,11H2,1-4H3. The zero-order valence-electron chi connectivity index (χ0n) is 17.5. The van der Waals surface area contributed by atoms with Crippen molar-refractivity contribution in [2.24, 2.45) is 0 Å². The Kier molecular flexibility index (Phi) is 6.70. The van der Waals surface area contributed by atoms with Crippen LogP contribution in [0.5, 0.6) is 11.5 Å². The molecule has 2 aromatic carbocycles. The first kappa shape index (κ1) is 20.6. The first-order valence-corrected chi connectivity index (χ1v) is 9.96. The van der Waals surface area contributed by atoms with Crippen LogP contribution in [0.3, 0.4) is 0 Å². The molecule has 0 amide bonds. The van der Waals surface area contributed by atoms with E-state index < -0.39 is 0 Å². The number of benzene rings is 2. The van der Waals surface area contributed by atoms with Crippen molar-refractivity contribution in [3.63, 3.8) is 0 Å². The minimum Gasteiger partial charge on any atom is -0.490 e. The van der Waals surface area contributed by atoms with Gasteiger partial charge in [0.05, 0.1) is 18.9 Å². The number of carbonyl (C=O) groups is 1. The molecule has 0 radical (unpaired) electrons. The molecule has 1 aromatic heterocycles. The average molecular weight is 393 g/mol. The summed E-state index contributed by atoms with van der Waals surface area (Å²) in [6.45, 7) is 8.96. The summed E-state index contributed by atoms with van der Waals surface area (Å²) in [5, 5.41) is 0. The molecule has 5 heteroatoms. The van der Waals surface area contributed by atoms with Crippen molar-refractivity contribution in [2.75, 3.05) is 13.2 Å². The van der Waals surface area contributed by atoms with Crippen LogP contribution >= 0.6 is 0 Å².